The van der Waals surface area contributed by atoms with Crippen molar-refractivity contribution in [2.75, 3.05) is 13.1 Å². The lowest BCUT2D eigenvalue weighted by atomic mass is 9.92. The predicted molar refractivity (Wildman–Crippen MR) is 71.4 cm³/mol. The van der Waals surface area contributed by atoms with Gasteiger partial charge in [-0.2, -0.15) is 5.10 Å². The molecule has 0 aliphatic carbocycles. The largest absolute Gasteiger partial charge is 0.337 e. The number of rotatable bonds is 3. The minimum Gasteiger partial charge on any atom is -0.337 e. The standard InChI is InChI=1S/C14H23N3O/c1-4-7-17-13(5-6-15-17)14(18)16-9-11(2)8-12(3)10-16/h5-6,11-12H,4,7-10H2,1-3H3. The number of aromatic nitrogens is 2. The zero-order chi connectivity index (χ0) is 13.1. The first kappa shape index (κ1) is 13.1. The summed E-state index contributed by atoms with van der Waals surface area (Å²) < 4.78 is 1.83. The van der Waals surface area contributed by atoms with Crippen LogP contribution in [-0.4, -0.2) is 33.7 Å². The smallest absolute Gasteiger partial charge is 0.272 e. The van der Waals surface area contributed by atoms with Gasteiger partial charge in [-0.05, 0) is 30.7 Å². The van der Waals surface area contributed by atoms with Crippen LogP contribution in [0.1, 0.15) is 44.1 Å². The van der Waals surface area contributed by atoms with E-state index >= 15 is 0 Å². The molecule has 100 valence electrons. The summed E-state index contributed by atoms with van der Waals surface area (Å²) in [6.45, 7) is 9.10. The Morgan fingerprint density at radius 1 is 1.39 bits per heavy atom. The molecule has 2 atom stereocenters. The molecule has 4 heteroatoms. The summed E-state index contributed by atoms with van der Waals surface area (Å²) >= 11 is 0. The first-order valence-corrected chi connectivity index (χ1v) is 6.93. The molecule has 1 amide bonds. The molecular formula is C14H23N3O. The summed E-state index contributed by atoms with van der Waals surface area (Å²) in [4.78, 5) is 14.5. The van der Waals surface area contributed by atoms with E-state index in [9.17, 15) is 4.79 Å². The van der Waals surface area contributed by atoms with Crippen LogP contribution in [-0.2, 0) is 6.54 Å². The van der Waals surface area contributed by atoms with Crippen LogP contribution in [0.3, 0.4) is 0 Å². The number of amides is 1. The van der Waals surface area contributed by atoms with E-state index in [-0.39, 0.29) is 5.91 Å². The van der Waals surface area contributed by atoms with Gasteiger partial charge in [0.25, 0.3) is 5.91 Å². The van der Waals surface area contributed by atoms with Crippen LogP contribution in [0.15, 0.2) is 12.3 Å². The lowest BCUT2D eigenvalue weighted by Gasteiger charge is -2.35. The van der Waals surface area contributed by atoms with Gasteiger partial charge in [0, 0.05) is 25.8 Å². The highest BCUT2D eigenvalue weighted by molar-refractivity contribution is 5.92. The van der Waals surface area contributed by atoms with Crippen LogP contribution in [0.5, 0.6) is 0 Å². The Morgan fingerprint density at radius 3 is 2.67 bits per heavy atom. The topological polar surface area (TPSA) is 38.1 Å². The van der Waals surface area contributed by atoms with Crippen molar-refractivity contribution in [3.63, 3.8) is 0 Å². The SMILES string of the molecule is CCCn1nccc1C(=O)N1CC(C)CC(C)C1. The third kappa shape index (κ3) is 2.74. The molecule has 0 spiro atoms. The summed E-state index contributed by atoms with van der Waals surface area (Å²) in [7, 11) is 0. The molecule has 1 aliphatic rings. The number of hydrogen-bond donors (Lipinski definition) is 0. The van der Waals surface area contributed by atoms with Gasteiger partial charge >= 0.3 is 0 Å². The number of carbonyl (C=O) groups is 1. The normalized spacial score (nSPS) is 24.3. The van der Waals surface area contributed by atoms with Crippen molar-refractivity contribution in [3.8, 4) is 0 Å². The van der Waals surface area contributed by atoms with Gasteiger partial charge < -0.3 is 4.90 Å². The van der Waals surface area contributed by atoms with Gasteiger partial charge in [-0.25, -0.2) is 0 Å². The van der Waals surface area contributed by atoms with Gasteiger partial charge in [0.1, 0.15) is 5.69 Å². The average Bonchev–Trinajstić information content (AvgIpc) is 2.75. The van der Waals surface area contributed by atoms with E-state index in [0.717, 1.165) is 31.7 Å². The van der Waals surface area contributed by atoms with Gasteiger partial charge in [-0.15, -0.1) is 0 Å². The minimum atomic E-state index is 0.138. The lowest BCUT2D eigenvalue weighted by Crippen LogP contribution is -2.43. The molecule has 1 aromatic rings. The molecule has 0 N–H and O–H groups in total. The van der Waals surface area contributed by atoms with E-state index in [2.05, 4.69) is 25.9 Å². The molecule has 0 radical (unpaired) electrons. The molecule has 1 aromatic heterocycles. The zero-order valence-electron chi connectivity index (χ0n) is 11.6. The number of aryl methyl sites for hydroxylation is 1. The number of carbonyl (C=O) groups excluding carboxylic acids is 1. The fourth-order valence-corrected chi connectivity index (χ4v) is 2.90. The maximum Gasteiger partial charge on any atom is 0.272 e. The summed E-state index contributed by atoms with van der Waals surface area (Å²) in [6, 6.07) is 1.84. The Labute approximate surface area is 109 Å². The second kappa shape index (κ2) is 5.55. The monoisotopic (exact) mass is 249 g/mol. The molecule has 1 saturated heterocycles. The van der Waals surface area contributed by atoms with Crippen LogP contribution < -0.4 is 0 Å². The Bertz CT molecular complexity index is 403. The second-order valence-electron chi connectivity index (χ2n) is 5.60. The van der Waals surface area contributed by atoms with Crippen LogP contribution >= 0.6 is 0 Å². The van der Waals surface area contributed by atoms with Crippen LogP contribution in [0, 0.1) is 11.8 Å². The molecule has 0 aromatic carbocycles. The number of nitrogens with zero attached hydrogens (tertiary/aromatic N) is 3. The van der Waals surface area contributed by atoms with Gasteiger partial charge in [-0.3, -0.25) is 9.48 Å². The van der Waals surface area contributed by atoms with Crippen LogP contribution in [0.25, 0.3) is 0 Å². The Morgan fingerprint density at radius 2 is 2.06 bits per heavy atom. The molecule has 1 fully saturated rings. The molecule has 2 unspecified atom stereocenters. The maximum atomic E-state index is 12.5. The molecule has 18 heavy (non-hydrogen) atoms. The highest BCUT2D eigenvalue weighted by Crippen LogP contribution is 2.22. The molecule has 1 aliphatic heterocycles. The molecule has 0 bridgehead atoms. The summed E-state index contributed by atoms with van der Waals surface area (Å²) in [5, 5.41) is 4.23. The molecule has 2 rings (SSSR count). The Balaban J connectivity index is 2.12. The molecular weight excluding hydrogens is 226 g/mol. The average molecular weight is 249 g/mol. The van der Waals surface area contributed by atoms with E-state index in [0.29, 0.717) is 11.8 Å². The molecule has 4 nitrogen and oxygen atoms in total. The minimum absolute atomic E-state index is 0.138. The molecule has 0 saturated carbocycles. The lowest BCUT2D eigenvalue weighted by molar-refractivity contribution is 0.0610. The number of piperidine rings is 1. The van der Waals surface area contributed by atoms with Gasteiger partial charge in [-0.1, -0.05) is 20.8 Å². The quantitative estimate of drug-likeness (QED) is 0.825. The number of hydrogen-bond acceptors (Lipinski definition) is 2. The van der Waals surface area contributed by atoms with E-state index in [4.69, 9.17) is 0 Å². The third-order valence-corrected chi connectivity index (χ3v) is 3.53. The van der Waals surface area contributed by atoms with E-state index in [1.54, 1.807) is 6.20 Å². The van der Waals surface area contributed by atoms with E-state index in [1.807, 2.05) is 15.6 Å². The summed E-state index contributed by atoms with van der Waals surface area (Å²) in [5.74, 6) is 1.33. The van der Waals surface area contributed by atoms with Crippen LogP contribution in [0.2, 0.25) is 0 Å². The van der Waals surface area contributed by atoms with Gasteiger partial charge in [0.2, 0.25) is 0 Å². The third-order valence-electron chi connectivity index (χ3n) is 3.53. The van der Waals surface area contributed by atoms with E-state index in [1.165, 1.54) is 6.42 Å². The molecule has 2 heterocycles. The maximum absolute atomic E-state index is 12.5. The first-order chi connectivity index (χ1) is 8.61. The fraction of sp³-hybridized carbons (Fsp3) is 0.714. The van der Waals surface area contributed by atoms with Crippen molar-refractivity contribution in [2.24, 2.45) is 11.8 Å². The van der Waals surface area contributed by atoms with Crippen molar-refractivity contribution in [1.82, 2.24) is 14.7 Å². The second-order valence-corrected chi connectivity index (χ2v) is 5.60. The Kier molecular flexibility index (Phi) is 4.04. The number of likely N-dealkylation sites (tertiary alicyclic amines) is 1. The predicted octanol–water partition coefficient (Wildman–Crippen LogP) is 2.41. The van der Waals surface area contributed by atoms with E-state index < -0.39 is 0 Å². The van der Waals surface area contributed by atoms with Crippen molar-refractivity contribution in [2.45, 2.75) is 40.2 Å². The fourth-order valence-electron chi connectivity index (χ4n) is 2.90. The van der Waals surface area contributed by atoms with Gasteiger partial charge in [0.15, 0.2) is 0 Å². The summed E-state index contributed by atoms with van der Waals surface area (Å²) in [5.41, 5.74) is 0.734. The van der Waals surface area contributed by atoms with Crippen molar-refractivity contribution in [3.05, 3.63) is 18.0 Å². The van der Waals surface area contributed by atoms with Gasteiger partial charge in [0.05, 0.1) is 0 Å². The first-order valence-electron chi connectivity index (χ1n) is 6.93. The van der Waals surface area contributed by atoms with Crippen molar-refractivity contribution >= 4 is 5.91 Å². The summed E-state index contributed by atoms with van der Waals surface area (Å²) in [6.07, 6.45) is 3.94. The zero-order valence-corrected chi connectivity index (χ0v) is 11.6. The highest BCUT2D eigenvalue weighted by atomic mass is 16.2. The van der Waals surface area contributed by atoms with Crippen molar-refractivity contribution < 1.29 is 4.79 Å². The van der Waals surface area contributed by atoms with Crippen LogP contribution in [0.4, 0.5) is 0 Å². The van der Waals surface area contributed by atoms with Crippen molar-refractivity contribution in [1.29, 1.82) is 0 Å². The Hall–Kier alpha value is -1.32. The highest BCUT2D eigenvalue weighted by Gasteiger charge is 2.27.